The molecule has 4 heterocycles. The molecular weight excluding hydrogens is 772 g/mol. The molecule has 17 nitrogen and oxygen atoms in total. The third-order valence-corrected chi connectivity index (χ3v) is 11.1. The van der Waals surface area contributed by atoms with Crippen LogP contribution in [0.2, 0.25) is 0 Å². The van der Waals surface area contributed by atoms with E-state index in [2.05, 4.69) is 10.6 Å². The van der Waals surface area contributed by atoms with Crippen LogP contribution in [0.5, 0.6) is 23.0 Å². The highest BCUT2D eigenvalue weighted by Gasteiger charge is 2.54. The van der Waals surface area contributed by atoms with Crippen LogP contribution in [0.3, 0.4) is 0 Å². The van der Waals surface area contributed by atoms with Gasteiger partial charge in [0.2, 0.25) is 24.4 Å². The van der Waals surface area contributed by atoms with Gasteiger partial charge in [-0.3, -0.25) is 9.59 Å². The SMILES string of the molecule is CCCCC(=O)N[C@H]1[C@H](Oc2ccc3c(c2)Oc2cc(O[C@@H]4O[C@H](CO)[C@@H](O)[C@H](O)[C@H]4NC(=O)CCCC)ccc2C32OC(=O)c3ccccc32)O[C@H](CO)[C@@H](O)[C@@H]1O. The maximum atomic E-state index is 13.5. The Labute approximate surface area is 339 Å². The standard InChI is InChI=1S/C42H50N2O15/c1-3-5-11-31(47)43-33-37(51)35(49)29(19-45)57-40(33)54-21-13-15-25-27(17-21)56-28-18-22(14-16-26(28)42(25)24-10-8-7-9-23(24)39(53)59-42)55-41-34(44-32(48)12-6-4-2)38(52)36(50)30(20-46)58-41/h7-10,13-18,29-30,33-38,40-41,45-46,49-52H,3-6,11-12,19-20H2,1-2H3,(H,43,47)(H,44,48)/t29-,30-,33-,34-,35-,36-,37-,38-,40-,41-/m1/s1. The average Bonchev–Trinajstić information content (AvgIpc) is 3.53. The number of ether oxygens (including phenoxy) is 6. The summed E-state index contributed by atoms with van der Waals surface area (Å²) in [5.74, 6) is -0.768. The summed E-state index contributed by atoms with van der Waals surface area (Å²) in [5.41, 5.74) is 0.184. The zero-order valence-electron chi connectivity index (χ0n) is 32.6. The van der Waals surface area contributed by atoms with Gasteiger partial charge in [0.05, 0.1) is 18.8 Å². The highest BCUT2D eigenvalue weighted by molar-refractivity contribution is 5.97. The molecule has 4 aliphatic rings. The van der Waals surface area contributed by atoms with Crippen LogP contribution in [0.25, 0.3) is 0 Å². The van der Waals surface area contributed by atoms with Crippen molar-refractivity contribution in [3.8, 4) is 23.0 Å². The fraction of sp³-hybridized carbons (Fsp3) is 0.500. The van der Waals surface area contributed by atoms with Crippen LogP contribution in [0, 0.1) is 0 Å². The molecule has 2 amide bonds. The molecule has 0 radical (unpaired) electrons. The van der Waals surface area contributed by atoms with Gasteiger partial charge in [-0.05, 0) is 43.2 Å². The average molecular weight is 823 g/mol. The Balaban J connectivity index is 1.24. The Kier molecular flexibility index (Phi) is 12.7. The zero-order valence-corrected chi connectivity index (χ0v) is 32.6. The number of rotatable bonds is 14. The maximum Gasteiger partial charge on any atom is 0.340 e. The van der Waals surface area contributed by atoms with Crippen LogP contribution >= 0.6 is 0 Å². The predicted molar refractivity (Wildman–Crippen MR) is 204 cm³/mol. The number of aliphatic hydroxyl groups excluding tert-OH is 6. The number of hydrogen-bond acceptors (Lipinski definition) is 15. The second-order valence-electron chi connectivity index (χ2n) is 15.1. The van der Waals surface area contributed by atoms with Crippen molar-refractivity contribution in [2.75, 3.05) is 13.2 Å². The van der Waals surface area contributed by atoms with Crippen LogP contribution in [-0.4, -0.2) is 123 Å². The van der Waals surface area contributed by atoms with Crippen molar-refractivity contribution >= 4 is 17.8 Å². The number of aliphatic hydroxyl groups is 6. The topological polar surface area (TPSA) is 252 Å². The van der Waals surface area contributed by atoms with Gasteiger partial charge in [0, 0.05) is 41.7 Å². The molecule has 8 N–H and O–H groups in total. The normalized spacial score (nSPS) is 29.0. The van der Waals surface area contributed by atoms with Gasteiger partial charge in [0.25, 0.3) is 0 Å². The molecule has 0 aromatic heterocycles. The Morgan fingerprint density at radius 2 is 1.15 bits per heavy atom. The Hall–Kier alpha value is -4.85. The van der Waals surface area contributed by atoms with Crippen LogP contribution in [0.1, 0.15) is 79.4 Å². The second-order valence-corrected chi connectivity index (χ2v) is 15.1. The van der Waals surface area contributed by atoms with E-state index in [-0.39, 0.29) is 35.8 Å². The van der Waals surface area contributed by atoms with Gasteiger partial charge < -0.3 is 69.7 Å². The summed E-state index contributed by atoms with van der Waals surface area (Å²) in [6.07, 6.45) is -8.34. The van der Waals surface area contributed by atoms with Crippen molar-refractivity contribution in [1.29, 1.82) is 0 Å². The largest absolute Gasteiger partial charge is 0.462 e. The van der Waals surface area contributed by atoms with Crippen LogP contribution in [0.4, 0.5) is 0 Å². The molecule has 0 unspecified atom stereocenters. The third-order valence-electron chi connectivity index (χ3n) is 11.1. The number of nitrogens with one attached hydrogen (secondary N) is 2. The minimum Gasteiger partial charge on any atom is -0.462 e. The summed E-state index contributed by atoms with van der Waals surface area (Å²) in [7, 11) is 0. The highest BCUT2D eigenvalue weighted by Crippen LogP contribution is 2.57. The molecule has 0 bridgehead atoms. The summed E-state index contributed by atoms with van der Waals surface area (Å²) >= 11 is 0. The summed E-state index contributed by atoms with van der Waals surface area (Å²) in [6.45, 7) is 2.56. The van der Waals surface area contributed by atoms with E-state index in [1.807, 2.05) is 13.8 Å². The van der Waals surface area contributed by atoms with Crippen LogP contribution in [-0.2, 0) is 29.4 Å². The number of esters is 1. The van der Waals surface area contributed by atoms with Gasteiger partial charge in [-0.1, -0.05) is 44.9 Å². The number of benzene rings is 3. The fourth-order valence-electron chi connectivity index (χ4n) is 7.91. The molecule has 2 saturated heterocycles. The van der Waals surface area contributed by atoms with Gasteiger partial charge in [0.15, 0.2) is 5.60 Å². The molecule has 7 rings (SSSR count). The van der Waals surface area contributed by atoms with Gasteiger partial charge in [0.1, 0.15) is 71.7 Å². The van der Waals surface area contributed by atoms with E-state index >= 15 is 0 Å². The summed E-state index contributed by atoms with van der Waals surface area (Å²) in [6, 6.07) is 13.9. The van der Waals surface area contributed by atoms with Crippen molar-refractivity contribution < 1.29 is 73.4 Å². The van der Waals surface area contributed by atoms with Gasteiger partial charge in [-0.2, -0.15) is 0 Å². The molecule has 4 aliphatic heterocycles. The fourth-order valence-corrected chi connectivity index (χ4v) is 7.91. The Morgan fingerprint density at radius 1 is 0.678 bits per heavy atom. The molecule has 3 aromatic carbocycles. The molecule has 17 heteroatoms. The molecule has 318 valence electrons. The third kappa shape index (κ3) is 8.08. The van der Waals surface area contributed by atoms with E-state index in [0.717, 1.165) is 12.8 Å². The van der Waals surface area contributed by atoms with Crippen LogP contribution in [0.15, 0.2) is 60.7 Å². The van der Waals surface area contributed by atoms with Crippen molar-refractivity contribution in [3.05, 3.63) is 82.9 Å². The minimum atomic E-state index is -1.55. The zero-order chi connectivity index (χ0) is 42.0. The number of amides is 2. The van der Waals surface area contributed by atoms with Crippen molar-refractivity contribution in [2.45, 2.75) is 119 Å². The molecule has 2 fully saturated rings. The van der Waals surface area contributed by atoms with E-state index in [1.54, 1.807) is 48.5 Å². The van der Waals surface area contributed by atoms with E-state index < -0.39 is 97.9 Å². The van der Waals surface area contributed by atoms with Crippen LogP contribution < -0.4 is 24.8 Å². The van der Waals surface area contributed by atoms with E-state index in [9.17, 15) is 45.0 Å². The summed E-state index contributed by atoms with van der Waals surface area (Å²) < 4.78 is 36.9. The first-order valence-electron chi connectivity index (χ1n) is 19.9. The number of unbranched alkanes of at least 4 members (excludes halogenated alkanes) is 2. The first kappa shape index (κ1) is 42.3. The van der Waals surface area contributed by atoms with Crippen molar-refractivity contribution in [2.24, 2.45) is 0 Å². The lowest BCUT2D eigenvalue weighted by atomic mass is 9.77. The molecule has 10 atom stereocenters. The number of fused-ring (bicyclic) bond motifs is 6. The van der Waals surface area contributed by atoms with E-state index in [1.165, 1.54) is 12.1 Å². The molecule has 1 spiro atoms. The van der Waals surface area contributed by atoms with Crippen molar-refractivity contribution in [1.82, 2.24) is 10.6 Å². The van der Waals surface area contributed by atoms with Gasteiger partial charge >= 0.3 is 5.97 Å². The first-order valence-corrected chi connectivity index (χ1v) is 19.9. The van der Waals surface area contributed by atoms with E-state index in [0.29, 0.717) is 35.1 Å². The molecular formula is C42H50N2O15. The molecule has 3 aromatic rings. The van der Waals surface area contributed by atoms with Crippen molar-refractivity contribution in [3.63, 3.8) is 0 Å². The second kappa shape index (κ2) is 17.8. The molecule has 0 saturated carbocycles. The lowest BCUT2D eigenvalue weighted by Crippen LogP contribution is -2.65. The monoisotopic (exact) mass is 822 g/mol. The number of carbonyl (C=O) groups is 3. The lowest BCUT2D eigenvalue weighted by Gasteiger charge is -2.42. The summed E-state index contributed by atoms with van der Waals surface area (Å²) in [4.78, 5) is 39.0. The Bertz CT molecular complexity index is 1900. The minimum absolute atomic E-state index is 0.130. The lowest BCUT2D eigenvalue weighted by molar-refractivity contribution is -0.244. The predicted octanol–water partition coefficient (Wildman–Crippen LogP) is 1.24. The maximum absolute atomic E-state index is 13.5. The van der Waals surface area contributed by atoms with Gasteiger partial charge in [-0.25, -0.2) is 4.79 Å². The Morgan fingerprint density at radius 3 is 1.61 bits per heavy atom. The number of hydrogen-bond donors (Lipinski definition) is 8. The van der Waals surface area contributed by atoms with Gasteiger partial charge in [-0.15, -0.1) is 0 Å². The quantitative estimate of drug-likeness (QED) is 0.107. The van der Waals surface area contributed by atoms with E-state index in [4.69, 9.17) is 28.4 Å². The molecule has 0 aliphatic carbocycles. The molecule has 59 heavy (non-hydrogen) atoms. The first-order chi connectivity index (χ1) is 28.4. The number of carbonyl (C=O) groups excluding carboxylic acids is 3. The highest BCUT2D eigenvalue weighted by atomic mass is 16.7. The smallest absolute Gasteiger partial charge is 0.340 e. The summed E-state index contributed by atoms with van der Waals surface area (Å²) in [5, 5.41) is 68.5.